The highest BCUT2D eigenvalue weighted by Crippen LogP contribution is 2.23. The second kappa shape index (κ2) is 14.0. The van der Waals surface area contributed by atoms with Crippen molar-refractivity contribution in [3.63, 3.8) is 0 Å². The van der Waals surface area contributed by atoms with E-state index in [9.17, 15) is 14.7 Å². The maximum Gasteiger partial charge on any atom is 0.412 e. The standard InChI is InChI=1S/C30H37N3O5/c1-30(2,3)38-29(36)33-27-18-26(34)17-15-24(27)21-37-28(35)32-25(16-14-22-10-6-4-7-11-22)20-31-19-23-12-8-5-9-13-23/h4-13,15,17-18,25,31,34H,14,16,19-21H2,1-3H3,(H,32,35)(H,33,36)/t25-/m0/s1. The number of nitrogens with one attached hydrogen (secondary N) is 3. The van der Waals surface area contributed by atoms with E-state index in [1.807, 2.05) is 48.5 Å². The van der Waals surface area contributed by atoms with E-state index < -0.39 is 17.8 Å². The zero-order valence-electron chi connectivity index (χ0n) is 22.2. The number of hydrogen-bond donors (Lipinski definition) is 4. The molecule has 3 rings (SSSR count). The molecule has 3 aromatic carbocycles. The topological polar surface area (TPSA) is 109 Å². The zero-order chi connectivity index (χ0) is 27.4. The molecule has 0 radical (unpaired) electrons. The first-order valence-electron chi connectivity index (χ1n) is 12.7. The number of carbonyl (C=O) groups excluding carboxylic acids is 2. The molecule has 8 nitrogen and oxygen atoms in total. The minimum atomic E-state index is -0.680. The summed E-state index contributed by atoms with van der Waals surface area (Å²) in [4.78, 5) is 25.0. The van der Waals surface area contributed by atoms with Gasteiger partial charge in [0.15, 0.2) is 0 Å². The Balaban J connectivity index is 1.58. The van der Waals surface area contributed by atoms with Crippen LogP contribution in [-0.4, -0.2) is 35.5 Å². The van der Waals surface area contributed by atoms with Gasteiger partial charge in [-0.05, 0) is 56.9 Å². The van der Waals surface area contributed by atoms with E-state index in [4.69, 9.17) is 9.47 Å². The van der Waals surface area contributed by atoms with Crippen molar-refractivity contribution in [1.82, 2.24) is 10.6 Å². The van der Waals surface area contributed by atoms with Gasteiger partial charge in [-0.2, -0.15) is 0 Å². The fourth-order valence-corrected chi connectivity index (χ4v) is 3.77. The molecule has 0 bridgehead atoms. The molecule has 0 aliphatic carbocycles. The van der Waals surface area contributed by atoms with Gasteiger partial charge >= 0.3 is 12.2 Å². The molecular weight excluding hydrogens is 482 g/mol. The van der Waals surface area contributed by atoms with Crippen molar-refractivity contribution in [2.24, 2.45) is 0 Å². The fourth-order valence-electron chi connectivity index (χ4n) is 3.77. The van der Waals surface area contributed by atoms with Gasteiger partial charge in [0.1, 0.15) is 18.0 Å². The molecule has 0 aromatic heterocycles. The van der Waals surface area contributed by atoms with Crippen LogP contribution in [0.4, 0.5) is 15.3 Å². The summed E-state index contributed by atoms with van der Waals surface area (Å²) < 4.78 is 10.8. The second-order valence-corrected chi connectivity index (χ2v) is 10.0. The van der Waals surface area contributed by atoms with Crippen LogP contribution in [0.5, 0.6) is 5.75 Å². The Hall–Kier alpha value is -4.04. The molecule has 0 heterocycles. The number of carbonyl (C=O) groups is 2. The second-order valence-electron chi connectivity index (χ2n) is 10.0. The molecule has 0 aliphatic rings. The predicted molar refractivity (Wildman–Crippen MR) is 148 cm³/mol. The third kappa shape index (κ3) is 10.5. The number of aryl methyl sites for hydroxylation is 1. The predicted octanol–water partition coefficient (Wildman–Crippen LogP) is 5.76. The number of hydrogen-bond acceptors (Lipinski definition) is 6. The maximum absolute atomic E-state index is 12.7. The van der Waals surface area contributed by atoms with Crippen LogP contribution in [0.1, 0.15) is 43.9 Å². The third-order valence-electron chi connectivity index (χ3n) is 5.60. The molecule has 0 saturated carbocycles. The van der Waals surface area contributed by atoms with Gasteiger partial charge in [-0.25, -0.2) is 9.59 Å². The van der Waals surface area contributed by atoms with Crippen LogP contribution in [0.2, 0.25) is 0 Å². The number of alkyl carbamates (subject to hydrolysis) is 1. The van der Waals surface area contributed by atoms with Crippen LogP contribution < -0.4 is 16.0 Å². The molecule has 0 aliphatic heterocycles. The molecule has 4 N–H and O–H groups in total. The molecule has 8 heteroatoms. The van der Waals surface area contributed by atoms with E-state index in [0.29, 0.717) is 24.3 Å². The molecule has 0 spiro atoms. The van der Waals surface area contributed by atoms with Gasteiger partial charge in [0.2, 0.25) is 0 Å². The number of rotatable bonds is 11. The van der Waals surface area contributed by atoms with Crippen LogP contribution in [-0.2, 0) is 29.0 Å². The van der Waals surface area contributed by atoms with E-state index >= 15 is 0 Å². The monoisotopic (exact) mass is 519 g/mol. The summed E-state index contributed by atoms with van der Waals surface area (Å²) in [6.45, 7) is 6.43. The number of phenols is 1. The van der Waals surface area contributed by atoms with Crippen molar-refractivity contribution in [2.45, 2.75) is 58.4 Å². The normalized spacial score (nSPS) is 11.9. The summed E-state index contributed by atoms with van der Waals surface area (Å²) in [5.74, 6) is -0.0327. The summed E-state index contributed by atoms with van der Waals surface area (Å²) in [5, 5.41) is 18.9. The minimum Gasteiger partial charge on any atom is -0.508 e. The van der Waals surface area contributed by atoms with Gasteiger partial charge < -0.3 is 25.2 Å². The SMILES string of the molecule is CC(C)(C)OC(=O)Nc1cc(O)ccc1COC(=O)N[C@@H](CCc1ccccc1)CNCc1ccccc1. The highest BCUT2D eigenvalue weighted by Gasteiger charge is 2.19. The zero-order valence-corrected chi connectivity index (χ0v) is 22.2. The van der Waals surface area contributed by atoms with Crippen LogP contribution in [0.3, 0.4) is 0 Å². The lowest BCUT2D eigenvalue weighted by molar-refractivity contribution is 0.0635. The molecule has 3 aromatic rings. The minimum absolute atomic E-state index is 0.0327. The first-order chi connectivity index (χ1) is 18.2. The average molecular weight is 520 g/mol. The summed E-state index contributed by atoms with van der Waals surface area (Å²) in [5.41, 5.74) is 2.50. The van der Waals surface area contributed by atoms with Gasteiger partial charge in [0, 0.05) is 30.8 Å². The molecule has 1 atom stereocenters. The van der Waals surface area contributed by atoms with E-state index in [2.05, 4.69) is 28.1 Å². The average Bonchev–Trinajstić information content (AvgIpc) is 2.87. The van der Waals surface area contributed by atoms with Crippen molar-refractivity contribution in [2.75, 3.05) is 11.9 Å². The molecule has 0 saturated heterocycles. The van der Waals surface area contributed by atoms with Gasteiger partial charge in [-0.1, -0.05) is 60.7 Å². The van der Waals surface area contributed by atoms with Gasteiger partial charge in [0.05, 0.1) is 5.69 Å². The molecule has 38 heavy (non-hydrogen) atoms. The first-order valence-corrected chi connectivity index (χ1v) is 12.7. The quantitative estimate of drug-likeness (QED) is 0.257. The summed E-state index contributed by atoms with van der Waals surface area (Å²) in [6, 6.07) is 24.5. The van der Waals surface area contributed by atoms with Gasteiger partial charge in [-0.15, -0.1) is 0 Å². The highest BCUT2D eigenvalue weighted by atomic mass is 16.6. The van der Waals surface area contributed by atoms with Gasteiger partial charge in [0.25, 0.3) is 0 Å². The Morgan fingerprint density at radius 2 is 1.55 bits per heavy atom. The van der Waals surface area contributed by atoms with Crippen molar-refractivity contribution in [3.05, 3.63) is 95.6 Å². The fraction of sp³-hybridized carbons (Fsp3) is 0.333. The Morgan fingerprint density at radius 3 is 2.21 bits per heavy atom. The van der Waals surface area contributed by atoms with Crippen LogP contribution in [0.15, 0.2) is 78.9 Å². The van der Waals surface area contributed by atoms with Crippen LogP contribution >= 0.6 is 0 Å². The maximum atomic E-state index is 12.7. The first kappa shape index (κ1) is 28.5. The largest absolute Gasteiger partial charge is 0.508 e. The number of aromatic hydroxyl groups is 1. The number of anilines is 1. The van der Waals surface area contributed by atoms with Crippen molar-refractivity contribution in [1.29, 1.82) is 0 Å². The van der Waals surface area contributed by atoms with E-state index in [1.165, 1.54) is 17.7 Å². The van der Waals surface area contributed by atoms with Gasteiger partial charge in [-0.3, -0.25) is 5.32 Å². The van der Waals surface area contributed by atoms with E-state index in [0.717, 1.165) is 18.4 Å². The highest BCUT2D eigenvalue weighted by molar-refractivity contribution is 5.86. The van der Waals surface area contributed by atoms with E-state index in [-0.39, 0.29) is 18.4 Å². The lowest BCUT2D eigenvalue weighted by Crippen LogP contribution is -2.42. The Morgan fingerprint density at radius 1 is 0.895 bits per heavy atom. The van der Waals surface area contributed by atoms with Crippen LogP contribution in [0, 0.1) is 0 Å². The summed E-state index contributed by atoms with van der Waals surface area (Å²) in [6.07, 6.45) is 0.298. The number of ether oxygens (including phenoxy) is 2. The third-order valence-corrected chi connectivity index (χ3v) is 5.60. The van der Waals surface area contributed by atoms with Crippen molar-refractivity contribution >= 4 is 17.9 Å². The van der Waals surface area contributed by atoms with Crippen LogP contribution in [0.25, 0.3) is 0 Å². The van der Waals surface area contributed by atoms with Crippen molar-refractivity contribution in [3.8, 4) is 5.75 Å². The number of benzene rings is 3. The smallest absolute Gasteiger partial charge is 0.412 e. The lowest BCUT2D eigenvalue weighted by Gasteiger charge is -2.21. The molecule has 0 fully saturated rings. The Bertz CT molecular complexity index is 1160. The molecule has 2 amide bonds. The Labute approximate surface area is 224 Å². The number of phenolic OH excluding ortho intramolecular Hbond substituents is 1. The lowest BCUT2D eigenvalue weighted by atomic mass is 10.1. The summed E-state index contributed by atoms with van der Waals surface area (Å²) >= 11 is 0. The summed E-state index contributed by atoms with van der Waals surface area (Å²) in [7, 11) is 0. The molecule has 0 unspecified atom stereocenters. The number of amides is 2. The van der Waals surface area contributed by atoms with Crippen molar-refractivity contribution < 1.29 is 24.2 Å². The molecule has 202 valence electrons. The molecular formula is C30H37N3O5. The Kier molecular flexibility index (Phi) is 10.5. The van der Waals surface area contributed by atoms with E-state index in [1.54, 1.807) is 26.8 Å².